The number of hydrogen-bond acceptors (Lipinski definition) is 2. The fraction of sp³-hybridized carbons (Fsp3) is 0.619. The minimum absolute atomic E-state index is 0. The first-order valence-corrected chi connectivity index (χ1v) is 9.98. The molecule has 5 nitrogen and oxygen atoms in total. The van der Waals surface area contributed by atoms with E-state index in [1.807, 2.05) is 30.1 Å². The average molecular weight is 486 g/mol. The van der Waals surface area contributed by atoms with Gasteiger partial charge in [-0.3, -0.25) is 9.79 Å². The summed E-state index contributed by atoms with van der Waals surface area (Å²) in [6.45, 7) is 3.68. The summed E-state index contributed by atoms with van der Waals surface area (Å²) in [4.78, 5) is 18.5. The lowest BCUT2D eigenvalue weighted by Gasteiger charge is -2.24. The van der Waals surface area contributed by atoms with E-state index in [0.29, 0.717) is 18.9 Å². The number of hydrogen-bond donors (Lipinski definition) is 2. The largest absolute Gasteiger partial charge is 0.370 e. The lowest BCUT2D eigenvalue weighted by atomic mass is 9.94. The molecule has 1 fully saturated rings. The fourth-order valence-corrected chi connectivity index (χ4v) is 3.65. The lowest BCUT2D eigenvalue weighted by molar-refractivity contribution is -0.127. The Labute approximate surface area is 181 Å². The molecule has 2 atom stereocenters. The summed E-state index contributed by atoms with van der Waals surface area (Å²) >= 11 is 0. The number of halogens is 1. The molecule has 27 heavy (non-hydrogen) atoms. The Kier molecular flexibility index (Phi) is 11.4. The average Bonchev–Trinajstić information content (AvgIpc) is 2.94. The van der Waals surface area contributed by atoms with E-state index < -0.39 is 0 Å². The van der Waals surface area contributed by atoms with Crippen LogP contribution in [-0.4, -0.2) is 36.9 Å². The van der Waals surface area contributed by atoms with Crippen LogP contribution in [0.4, 0.5) is 0 Å². The standard InChI is InChI=1S/C21H34N4O.HI/c1-3-4-5-6-7-11-14-23-21(22)24-16-18-15-19(26)25(2)20(18)17-12-9-8-10-13-17;/h8-10,12-13,18,20H,3-7,11,14-16H2,1-2H3,(H3,22,23,24);1H. The number of nitrogens with one attached hydrogen (secondary N) is 1. The molecule has 0 radical (unpaired) electrons. The zero-order valence-corrected chi connectivity index (χ0v) is 19.0. The SMILES string of the molecule is CCCCCCCCNC(N)=NCC1CC(=O)N(C)C1c1ccccc1.I. The van der Waals surface area contributed by atoms with Crippen molar-refractivity contribution in [1.29, 1.82) is 0 Å². The molecule has 0 saturated carbocycles. The van der Waals surface area contributed by atoms with Crippen LogP contribution < -0.4 is 11.1 Å². The normalized spacial score (nSPS) is 19.9. The van der Waals surface area contributed by atoms with E-state index in [1.165, 1.54) is 37.7 Å². The van der Waals surface area contributed by atoms with Crippen LogP contribution in [0.2, 0.25) is 0 Å². The number of likely N-dealkylation sites (tertiary alicyclic amines) is 1. The molecule has 1 aliphatic heterocycles. The van der Waals surface area contributed by atoms with E-state index in [0.717, 1.165) is 13.0 Å². The third kappa shape index (κ3) is 7.68. The van der Waals surface area contributed by atoms with Crippen LogP contribution >= 0.6 is 24.0 Å². The highest BCUT2D eigenvalue weighted by atomic mass is 127. The molecule has 152 valence electrons. The zero-order valence-electron chi connectivity index (χ0n) is 16.7. The summed E-state index contributed by atoms with van der Waals surface area (Å²) < 4.78 is 0. The van der Waals surface area contributed by atoms with Crippen molar-refractivity contribution in [2.45, 2.75) is 57.9 Å². The molecule has 3 N–H and O–H groups in total. The Hall–Kier alpha value is -1.31. The molecule has 1 aromatic carbocycles. The molecule has 0 spiro atoms. The molecule has 1 heterocycles. The van der Waals surface area contributed by atoms with E-state index >= 15 is 0 Å². The van der Waals surface area contributed by atoms with Crippen LogP contribution in [0, 0.1) is 5.92 Å². The third-order valence-corrected chi connectivity index (χ3v) is 5.17. The van der Waals surface area contributed by atoms with Gasteiger partial charge in [0.2, 0.25) is 5.91 Å². The van der Waals surface area contributed by atoms with Gasteiger partial charge in [0.05, 0.1) is 6.04 Å². The van der Waals surface area contributed by atoms with Crippen LogP contribution in [0.1, 0.15) is 63.5 Å². The van der Waals surface area contributed by atoms with Crippen LogP contribution in [0.15, 0.2) is 35.3 Å². The molecule has 1 aromatic rings. The third-order valence-electron chi connectivity index (χ3n) is 5.17. The van der Waals surface area contributed by atoms with Gasteiger partial charge in [-0.15, -0.1) is 24.0 Å². The summed E-state index contributed by atoms with van der Waals surface area (Å²) in [5.41, 5.74) is 7.17. The first kappa shape index (κ1) is 23.7. The molecule has 1 aliphatic rings. The Morgan fingerprint density at radius 2 is 1.85 bits per heavy atom. The maximum atomic E-state index is 12.2. The predicted octanol–water partition coefficient (Wildman–Crippen LogP) is 4.09. The number of guanidine groups is 1. The van der Waals surface area contributed by atoms with Crippen molar-refractivity contribution in [3.63, 3.8) is 0 Å². The Bertz CT molecular complexity index is 579. The van der Waals surface area contributed by atoms with Crippen LogP contribution in [0.25, 0.3) is 0 Å². The Morgan fingerprint density at radius 3 is 2.56 bits per heavy atom. The van der Waals surface area contributed by atoms with Crippen molar-refractivity contribution in [3.8, 4) is 0 Å². The van der Waals surface area contributed by atoms with E-state index in [4.69, 9.17) is 5.73 Å². The summed E-state index contributed by atoms with van der Waals surface area (Å²) in [5.74, 6) is 0.842. The van der Waals surface area contributed by atoms with E-state index in [-0.39, 0.29) is 41.8 Å². The highest BCUT2D eigenvalue weighted by molar-refractivity contribution is 14.0. The Morgan fingerprint density at radius 1 is 1.19 bits per heavy atom. The van der Waals surface area contributed by atoms with Gasteiger partial charge in [0, 0.05) is 32.5 Å². The van der Waals surface area contributed by atoms with Crippen molar-refractivity contribution in [2.24, 2.45) is 16.6 Å². The number of unbranched alkanes of at least 4 members (excludes halogenated alkanes) is 5. The monoisotopic (exact) mass is 486 g/mol. The number of aliphatic imine (C=N–C) groups is 1. The van der Waals surface area contributed by atoms with Gasteiger partial charge in [-0.25, -0.2) is 0 Å². The minimum atomic E-state index is 0. The van der Waals surface area contributed by atoms with Gasteiger partial charge in [0.1, 0.15) is 0 Å². The molecule has 6 heteroatoms. The van der Waals surface area contributed by atoms with Gasteiger partial charge in [-0.1, -0.05) is 69.4 Å². The molecule has 1 amide bonds. The second-order valence-corrected chi connectivity index (χ2v) is 7.24. The molecular weight excluding hydrogens is 451 g/mol. The topological polar surface area (TPSA) is 70.7 Å². The van der Waals surface area contributed by atoms with Crippen LogP contribution in [0.5, 0.6) is 0 Å². The van der Waals surface area contributed by atoms with Crippen LogP contribution in [0.3, 0.4) is 0 Å². The maximum Gasteiger partial charge on any atom is 0.223 e. The van der Waals surface area contributed by atoms with Gasteiger partial charge in [0.15, 0.2) is 5.96 Å². The van der Waals surface area contributed by atoms with E-state index in [2.05, 4.69) is 29.4 Å². The van der Waals surface area contributed by atoms with Crippen LogP contribution in [-0.2, 0) is 4.79 Å². The Balaban J connectivity index is 0.00000364. The molecule has 0 aliphatic carbocycles. The van der Waals surface area contributed by atoms with Crippen molar-refractivity contribution in [3.05, 3.63) is 35.9 Å². The van der Waals surface area contributed by atoms with Crippen molar-refractivity contribution in [1.82, 2.24) is 10.2 Å². The molecule has 2 unspecified atom stereocenters. The number of carbonyl (C=O) groups excluding carboxylic acids is 1. The number of carbonyl (C=O) groups is 1. The number of rotatable bonds is 10. The number of nitrogens with two attached hydrogens (primary N) is 1. The predicted molar refractivity (Wildman–Crippen MR) is 123 cm³/mol. The van der Waals surface area contributed by atoms with Gasteiger partial charge < -0.3 is 16.0 Å². The summed E-state index contributed by atoms with van der Waals surface area (Å²) in [6.07, 6.45) is 8.11. The molecule has 0 aromatic heterocycles. The molecule has 1 saturated heterocycles. The van der Waals surface area contributed by atoms with Crippen molar-refractivity contribution in [2.75, 3.05) is 20.1 Å². The van der Waals surface area contributed by atoms with E-state index in [9.17, 15) is 4.79 Å². The quantitative estimate of drug-likeness (QED) is 0.227. The zero-order chi connectivity index (χ0) is 18.8. The fourth-order valence-electron chi connectivity index (χ4n) is 3.65. The minimum Gasteiger partial charge on any atom is -0.370 e. The van der Waals surface area contributed by atoms with Crippen molar-refractivity contribution >= 4 is 35.8 Å². The van der Waals surface area contributed by atoms with Gasteiger partial charge in [-0.05, 0) is 12.0 Å². The lowest BCUT2D eigenvalue weighted by Crippen LogP contribution is -2.33. The highest BCUT2D eigenvalue weighted by Crippen LogP contribution is 2.36. The van der Waals surface area contributed by atoms with E-state index in [1.54, 1.807) is 0 Å². The maximum absolute atomic E-state index is 12.2. The molecule has 2 rings (SSSR count). The summed E-state index contributed by atoms with van der Waals surface area (Å²) in [7, 11) is 1.88. The molecule has 0 bridgehead atoms. The first-order chi connectivity index (χ1) is 12.6. The number of amides is 1. The second kappa shape index (κ2) is 13.0. The first-order valence-electron chi connectivity index (χ1n) is 9.98. The summed E-state index contributed by atoms with van der Waals surface area (Å²) in [5, 5.41) is 3.20. The van der Waals surface area contributed by atoms with Gasteiger partial charge in [0.25, 0.3) is 0 Å². The van der Waals surface area contributed by atoms with Gasteiger partial charge >= 0.3 is 0 Å². The smallest absolute Gasteiger partial charge is 0.223 e. The number of nitrogens with zero attached hydrogens (tertiary/aromatic N) is 2. The molecular formula is C21H35IN4O. The summed E-state index contributed by atoms with van der Waals surface area (Å²) in [6, 6.07) is 10.3. The number of benzene rings is 1. The highest BCUT2D eigenvalue weighted by Gasteiger charge is 2.38. The van der Waals surface area contributed by atoms with Crippen molar-refractivity contribution < 1.29 is 4.79 Å². The van der Waals surface area contributed by atoms with Gasteiger partial charge in [-0.2, -0.15) is 0 Å². The second-order valence-electron chi connectivity index (χ2n) is 7.24.